The molecule has 1 unspecified atom stereocenters. The maximum absolute atomic E-state index is 15.2. The van der Waals surface area contributed by atoms with Crippen molar-refractivity contribution < 1.29 is 32.7 Å². The van der Waals surface area contributed by atoms with Gasteiger partial charge in [-0.1, -0.05) is 177 Å². The van der Waals surface area contributed by atoms with E-state index in [1.807, 2.05) is 0 Å². The minimum Gasteiger partial charge on any atom is -0.493 e. The van der Waals surface area contributed by atoms with Crippen LogP contribution in [0.2, 0.25) is 10.1 Å². The van der Waals surface area contributed by atoms with Crippen LogP contribution in [0.1, 0.15) is 101 Å². The van der Waals surface area contributed by atoms with Gasteiger partial charge in [0, 0.05) is 36.5 Å². The molecular formula is C57H70O7Si2. The minimum absolute atomic E-state index is 0.0821. The molecule has 2 saturated heterocycles. The Bertz CT molecular complexity index is 2410. The van der Waals surface area contributed by atoms with E-state index >= 15 is 4.79 Å². The van der Waals surface area contributed by atoms with E-state index in [2.05, 4.69) is 177 Å². The number of carbonyl (C=O) groups excluding carboxylic acids is 2. The van der Waals surface area contributed by atoms with Crippen LogP contribution in [0.4, 0.5) is 0 Å². The van der Waals surface area contributed by atoms with Gasteiger partial charge >= 0.3 is 5.97 Å². The molecule has 2 aliphatic heterocycles. The molecule has 2 heterocycles. The average molecular weight is 923 g/mol. The lowest BCUT2D eigenvalue weighted by molar-refractivity contribution is -0.156. The van der Waals surface area contributed by atoms with Crippen LogP contribution < -0.4 is 20.7 Å². The second-order valence-electron chi connectivity index (χ2n) is 22.5. The first-order chi connectivity index (χ1) is 31.4. The Morgan fingerprint density at radius 2 is 1.24 bits per heavy atom. The van der Waals surface area contributed by atoms with Crippen LogP contribution in [0.25, 0.3) is 0 Å². The van der Waals surface area contributed by atoms with E-state index in [0.29, 0.717) is 42.8 Å². The lowest BCUT2D eigenvalue weighted by atomic mass is 9.64. The summed E-state index contributed by atoms with van der Waals surface area (Å²) in [6.45, 7) is 20.4. The smallest absolute Gasteiger partial charge is 0.303 e. The van der Waals surface area contributed by atoms with Gasteiger partial charge in [0.1, 0.15) is 5.60 Å². The first-order valence-electron chi connectivity index (χ1n) is 24.3. The molecule has 9 rings (SSSR count). The fourth-order valence-corrected chi connectivity index (χ4v) is 22.4. The summed E-state index contributed by atoms with van der Waals surface area (Å²) in [7, 11) is -4.06. The third-order valence-corrected chi connectivity index (χ3v) is 26.0. The summed E-state index contributed by atoms with van der Waals surface area (Å²) in [5.41, 5.74) is 0.628. The van der Waals surface area contributed by atoms with Gasteiger partial charge in [0.05, 0.1) is 19.3 Å². The Kier molecular flexibility index (Phi) is 12.2. The van der Waals surface area contributed by atoms with Gasteiger partial charge in [-0.2, -0.15) is 0 Å². The fourth-order valence-electron chi connectivity index (χ4n) is 13.1. The Morgan fingerprint density at radius 3 is 1.71 bits per heavy atom. The molecule has 5 aliphatic rings. The molecule has 3 aliphatic carbocycles. The standard InChI is InChI=1S/C57H70O7Si2/c1-38(58)62-52-46-32-31-39(33-40-35-41(40)37-61-65(54(2,3)4,42-23-15-11-16-24-42)43-25-17-12-18-26-43)34-47(46)49(59)50(60-10)51-56(8,9)53-48(36-57(51,52)63-53)64-66(55(5,6)7,44-27-19-13-20-28-44)45-29-21-14-22-30-45/h11-30,39-41,48,52-53H,31-37H2,1-10H3/t39?,40-,41+,48+,52+,53+,57-/m1/s1. The highest BCUT2D eigenvalue weighted by atomic mass is 28.4. The summed E-state index contributed by atoms with van der Waals surface area (Å²) >= 11 is 0. The number of methoxy groups -OCH3 is 1. The highest BCUT2D eigenvalue weighted by molar-refractivity contribution is 7.00. The average Bonchev–Trinajstić information content (AvgIpc) is 3.87. The lowest BCUT2D eigenvalue weighted by Crippen LogP contribution is -2.69. The zero-order chi connectivity index (χ0) is 46.9. The van der Waals surface area contributed by atoms with Gasteiger partial charge in [-0.15, -0.1) is 0 Å². The summed E-state index contributed by atoms with van der Waals surface area (Å²) in [5, 5.41) is 4.65. The number of carbonyl (C=O) groups is 2. The second kappa shape index (κ2) is 17.3. The number of fused-ring (bicyclic) bond motifs is 1. The van der Waals surface area contributed by atoms with Crippen molar-refractivity contribution in [1.82, 2.24) is 0 Å². The molecule has 7 nitrogen and oxygen atoms in total. The van der Waals surface area contributed by atoms with Crippen molar-refractivity contribution in [3.8, 4) is 0 Å². The number of hydrogen-bond acceptors (Lipinski definition) is 7. The number of Topliss-reactive ketones (excluding diaryl/α,β-unsaturated/α-hetero) is 1. The van der Waals surface area contributed by atoms with Gasteiger partial charge < -0.3 is 23.1 Å². The van der Waals surface area contributed by atoms with Crippen molar-refractivity contribution in [2.45, 2.75) is 135 Å². The van der Waals surface area contributed by atoms with E-state index in [1.165, 1.54) is 27.7 Å². The number of ether oxygens (including phenoxy) is 3. The van der Waals surface area contributed by atoms with E-state index in [9.17, 15) is 4.79 Å². The topological polar surface area (TPSA) is 80.3 Å². The first-order valence-corrected chi connectivity index (χ1v) is 28.2. The van der Waals surface area contributed by atoms with Crippen LogP contribution in [-0.4, -0.2) is 66.0 Å². The summed E-state index contributed by atoms with van der Waals surface area (Å²) in [6.07, 6.45) is 3.23. The second-order valence-corrected chi connectivity index (χ2v) is 31.0. The molecule has 0 amide bonds. The molecule has 0 aromatic heterocycles. The lowest BCUT2D eigenvalue weighted by Gasteiger charge is -2.48. The van der Waals surface area contributed by atoms with Crippen molar-refractivity contribution in [1.29, 1.82) is 0 Å². The van der Waals surface area contributed by atoms with Crippen LogP contribution in [0.5, 0.6) is 0 Å². The zero-order valence-electron chi connectivity index (χ0n) is 40.8. The summed E-state index contributed by atoms with van der Waals surface area (Å²) in [6, 6.07) is 43.2. The van der Waals surface area contributed by atoms with Crippen LogP contribution in [0.15, 0.2) is 144 Å². The van der Waals surface area contributed by atoms with Crippen LogP contribution >= 0.6 is 0 Å². The molecule has 7 atom stereocenters. The van der Waals surface area contributed by atoms with Crippen molar-refractivity contribution >= 4 is 49.1 Å². The number of benzene rings is 4. The van der Waals surface area contributed by atoms with Crippen molar-refractivity contribution in [2.75, 3.05) is 13.7 Å². The molecule has 4 aromatic rings. The van der Waals surface area contributed by atoms with E-state index in [1.54, 1.807) is 7.11 Å². The van der Waals surface area contributed by atoms with E-state index < -0.39 is 39.9 Å². The van der Waals surface area contributed by atoms with Gasteiger partial charge in [-0.05, 0) is 86.3 Å². The molecule has 0 radical (unpaired) electrons. The number of rotatable bonds is 13. The van der Waals surface area contributed by atoms with Gasteiger partial charge in [-0.25, -0.2) is 0 Å². The normalized spacial score (nSPS) is 27.3. The van der Waals surface area contributed by atoms with Gasteiger partial charge in [0.25, 0.3) is 16.6 Å². The molecule has 4 aromatic carbocycles. The summed E-state index contributed by atoms with van der Waals surface area (Å²) < 4.78 is 35.4. The van der Waals surface area contributed by atoms with E-state index in [-0.39, 0.29) is 27.9 Å². The summed E-state index contributed by atoms with van der Waals surface area (Å²) in [4.78, 5) is 28.5. The quantitative estimate of drug-likeness (QED) is 0.0977. The van der Waals surface area contributed by atoms with Crippen molar-refractivity contribution in [3.05, 3.63) is 144 Å². The molecule has 1 saturated carbocycles. The third-order valence-electron chi connectivity index (χ3n) is 16.0. The zero-order valence-corrected chi connectivity index (χ0v) is 42.8. The predicted molar refractivity (Wildman–Crippen MR) is 267 cm³/mol. The maximum Gasteiger partial charge on any atom is 0.303 e. The Balaban J connectivity index is 1.01. The molecule has 2 bridgehead atoms. The molecule has 9 heteroatoms. The number of ketones is 1. The number of esters is 1. The minimum atomic E-state index is -3.02. The van der Waals surface area contributed by atoms with Crippen molar-refractivity contribution in [3.63, 3.8) is 0 Å². The largest absolute Gasteiger partial charge is 0.493 e. The fraction of sp³-hybridized carbons (Fsp3) is 0.474. The van der Waals surface area contributed by atoms with Gasteiger partial charge in [0.2, 0.25) is 5.78 Å². The maximum atomic E-state index is 15.2. The highest BCUT2D eigenvalue weighted by Crippen LogP contribution is 2.65. The molecule has 348 valence electrons. The van der Waals surface area contributed by atoms with Crippen LogP contribution in [-0.2, 0) is 32.7 Å². The van der Waals surface area contributed by atoms with Gasteiger partial charge in [-0.3, -0.25) is 9.59 Å². The van der Waals surface area contributed by atoms with E-state index in [0.717, 1.165) is 42.6 Å². The Morgan fingerprint density at radius 1 is 0.742 bits per heavy atom. The van der Waals surface area contributed by atoms with Crippen molar-refractivity contribution in [2.24, 2.45) is 23.2 Å². The van der Waals surface area contributed by atoms with Gasteiger partial charge in [0.15, 0.2) is 11.9 Å². The highest BCUT2D eigenvalue weighted by Gasteiger charge is 2.72. The first kappa shape index (κ1) is 46.7. The SMILES string of the molecule is COC1=C2C(C)(C)[C@H]3O[C@@]2(C[C@@H]3O[Si](c2ccccc2)(c2ccccc2)C(C)(C)C)[C@@H](OC(C)=O)C2=C(CC(C[C@@H]3C[C@H]3CO[Si](c3ccccc3)(c3ccccc3)C(C)(C)C)CC2)C1=O. The van der Waals surface area contributed by atoms with Crippen LogP contribution in [0.3, 0.4) is 0 Å². The molecule has 66 heavy (non-hydrogen) atoms. The molecule has 1 spiro atoms. The number of hydrogen-bond donors (Lipinski definition) is 0. The molecule has 0 N–H and O–H groups in total. The molecular weight excluding hydrogens is 853 g/mol. The Labute approximate surface area is 395 Å². The molecule has 3 fully saturated rings. The predicted octanol–water partition coefficient (Wildman–Crippen LogP) is 9.61. The monoisotopic (exact) mass is 922 g/mol. The summed E-state index contributed by atoms with van der Waals surface area (Å²) in [5.74, 6) is 1.17. The third kappa shape index (κ3) is 7.65. The van der Waals surface area contributed by atoms with Crippen LogP contribution in [0, 0.1) is 23.2 Å². The Hall–Kier alpha value is -4.39. The van der Waals surface area contributed by atoms with E-state index in [4.69, 9.17) is 23.1 Å². The number of allylic oxidation sites excluding steroid dienone is 1.